The number of ketones is 1. The molecule has 3 aromatic rings. The average molecular weight is 511 g/mol. The van der Waals surface area contributed by atoms with Crippen LogP contribution < -0.4 is 9.80 Å². The number of hydrogen-bond acceptors (Lipinski definition) is 5. The monoisotopic (exact) mass is 510 g/mol. The number of furan rings is 1. The van der Waals surface area contributed by atoms with Gasteiger partial charge >= 0.3 is 0 Å². The summed E-state index contributed by atoms with van der Waals surface area (Å²) >= 11 is 12.1. The molecule has 1 atom stereocenters. The third-order valence-electron chi connectivity index (χ3n) is 6.73. The molecule has 1 unspecified atom stereocenters. The van der Waals surface area contributed by atoms with Gasteiger partial charge in [-0.1, -0.05) is 30.1 Å². The Balaban J connectivity index is 1.55. The van der Waals surface area contributed by atoms with Gasteiger partial charge in [0, 0.05) is 30.0 Å². The number of Topliss-reactive ketones (excluding diaryl/α,β-unsaturated/α-hetero) is 1. The van der Waals surface area contributed by atoms with E-state index in [9.17, 15) is 14.7 Å². The van der Waals surface area contributed by atoms with Crippen molar-refractivity contribution in [2.75, 3.05) is 22.9 Å². The molecule has 0 saturated carbocycles. The fourth-order valence-electron chi connectivity index (χ4n) is 4.70. The van der Waals surface area contributed by atoms with Crippen LogP contribution in [0.25, 0.3) is 5.76 Å². The number of carbonyl (C=O) groups excluding carboxylic acids is 2. The van der Waals surface area contributed by atoms with E-state index in [4.69, 9.17) is 27.6 Å². The number of aliphatic hydroxyl groups is 1. The highest BCUT2D eigenvalue weighted by atomic mass is 35.5. The molecule has 2 saturated heterocycles. The molecule has 0 bridgehead atoms. The van der Waals surface area contributed by atoms with Gasteiger partial charge in [-0.25, -0.2) is 0 Å². The van der Waals surface area contributed by atoms with E-state index in [0.29, 0.717) is 16.5 Å². The van der Waals surface area contributed by atoms with E-state index in [1.165, 1.54) is 23.3 Å². The number of carbonyl (C=O) groups is 2. The fourth-order valence-corrected chi connectivity index (χ4v) is 5.00. The second-order valence-electron chi connectivity index (χ2n) is 9.00. The molecule has 5 rings (SSSR count). The van der Waals surface area contributed by atoms with E-state index in [1.807, 2.05) is 24.3 Å². The maximum atomic E-state index is 13.2. The van der Waals surface area contributed by atoms with Gasteiger partial charge in [0.1, 0.15) is 17.6 Å². The average Bonchev–Trinajstić information content (AvgIpc) is 3.48. The largest absolute Gasteiger partial charge is 0.507 e. The lowest BCUT2D eigenvalue weighted by Gasteiger charge is -2.32. The van der Waals surface area contributed by atoms with Crippen LogP contribution in [0.4, 0.5) is 11.4 Å². The summed E-state index contributed by atoms with van der Waals surface area (Å²) in [6.07, 6.45) is 3.75. The topological polar surface area (TPSA) is 74.0 Å². The lowest BCUT2D eigenvalue weighted by molar-refractivity contribution is -0.132. The van der Waals surface area contributed by atoms with Gasteiger partial charge in [-0.05, 0) is 73.4 Å². The molecule has 6 nitrogen and oxygen atoms in total. The Labute approximate surface area is 213 Å². The standard InChI is InChI=1S/C27H24Cl2N2O4/c1-16-10-12-30(13-11-16)18-5-7-19(8-6-18)31-24(22-3-2-14-35-22)23(26(33)27(31)34)25(32)17-4-9-20(28)21(29)15-17/h2-9,14-16,24,32H,10-13H2,1H3/b25-23-. The molecule has 0 radical (unpaired) electrons. The van der Waals surface area contributed by atoms with Gasteiger partial charge in [0.2, 0.25) is 0 Å². The van der Waals surface area contributed by atoms with Crippen molar-refractivity contribution in [2.24, 2.45) is 5.92 Å². The molecular formula is C27H24Cl2N2O4. The Bertz CT molecular complexity index is 1290. The number of hydrogen-bond donors (Lipinski definition) is 1. The lowest BCUT2D eigenvalue weighted by Crippen LogP contribution is -2.33. The predicted molar refractivity (Wildman–Crippen MR) is 137 cm³/mol. The number of aliphatic hydroxyl groups excluding tert-OH is 1. The first-order valence-electron chi connectivity index (χ1n) is 11.5. The summed E-state index contributed by atoms with van der Waals surface area (Å²) in [5.41, 5.74) is 1.82. The predicted octanol–water partition coefficient (Wildman–Crippen LogP) is 6.45. The highest BCUT2D eigenvalue weighted by Crippen LogP contribution is 2.43. The first-order valence-corrected chi connectivity index (χ1v) is 12.3. The SMILES string of the molecule is CC1CCN(c2ccc(N3C(=O)C(=O)/C(=C(\O)c4ccc(Cl)c(Cl)c4)C3c3ccco3)cc2)CC1. The van der Waals surface area contributed by atoms with Gasteiger partial charge in [0.05, 0.1) is 21.9 Å². The summed E-state index contributed by atoms with van der Waals surface area (Å²) in [6.45, 7) is 4.24. The van der Waals surface area contributed by atoms with Crippen LogP contribution in [-0.2, 0) is 9.59 Å². The molecule has 2 aliphatic rings. The van der Waals surface area contributed by atoms with Gasteiger partial charge < -0.3 is 14.4 Å². The second kappa shape index (κ2) is 9.44. The minimum Gasteiger partial charge on any atom is -0.507 e. The molecule has 2 aliphatic heterocycles. The number of nitrogens with zero attached hydrogens (tertiary/aromatic N) is 2. The van der Waals surface area contributed by atoms with Crippen molar-refractivity contribution in [2.45, 2.75) is 25.8 Å². The van der Waals surface area contributed by atoms with Crippen LogP contribution >= 0.6 is 23.2 Å². The molecule has 2 fully saturated rings. The summed E-state index contributed by atoms with van der Waals surface area (Å²) in [4.78, 5) is 30.1. The van der Waals surface area contributed by atoms with E-state index in [0.717, 1.165) is 37.5 Å². The number of amides is 1. The molecule has 1 amide bonds. The Kier molecular flexibility index (Phi) is 6.34. The fraction of sp³-hybridized carbons (Fsp3) is 0.259. The molecule has 0 spiro atoms. The van der Waals surface area contributed by atoms with Crippen LogP contribution in [0.2, 0.25) is 10.0 Å². The van der Waals surface area contributed by atoms with E-state index >= 15 is 0 Å². The van der Waals surface area contributed by atoms with Crippen LogP contribution in [0, 0.1) is 5.92 Å². The maximum absolute atomic E-state index is 13.2. The third kappa shape index (κ3) is 4.32. The summed E-state index contributed by atoms with van der Waals surface area (Å²) in [7, 11) is 0. The highest BCUT2D eigenvalue weighted by Gasteiger charge is 2.48. The number of halogens is 2. The van der Waals surface area contributed by atoms with Crippen molar-refractivity contribution in [1.82, 2.24) is 0 Å². The lowest BCUT2D eigenvalue weighted by atomic mass is 9.98. The smallest absolute Gasteiger partial charge is 0.300 e. The van der Waals surface area contributed by atoms with Gasteiger partial charge in [-0.2, -0.15) is 0 Å². The van der Waals surface area contributed by atoms with E-state index in [2.05, 4.69) is 11.8 Å². The summed E-state index contributed by atoms with van der Waals surface area (Å²) in [6, 6.07) is 14.5. The third-order valence-corrected chi connectivity index (χ3v) is 7.47. The van der Waals surface area contributed by atoms with Crippen LogP contribution in [0.1, 0.15) is 37.1 Å². The molecular weight excluding hydrogens is 487 g/mol. The zero-order valence-electron chi connectivity index (χ0n) is 19.1. The first kappa shape index (κ1) is 23.5. The molecule has 8 heteroatoms. The van der Waals surface area contributed by atoms with Crippen molar-refractivity contribution < 1.29 is 19.1 Å². The summed E-state index contributed by atoms with van der Waals surface area (Å²) in [5, 5.41) is 11.7. The minimum atomic E-state index is -0.930. The molecule has 1 N–H and O–H groups in total. The van der Waals surface area contributed by atoms with Gasteiger partial charge in [-0.15, -0.1) is 0 Å². The van der Waals surface area contributed by atoms with Gasteiger partial charge in [0.25, 0.3) is 11.7 Å². The first-order chi connectivity index (χ1) is 16.8. The number of anilines is 2. The van der Waals surface area contributed by atoms with Gasteiger partial charge in [0.15, 0.2) is 0 Å². The molecule has 1 aromatic heterocycles. The Hall–Kier alpha value is -3.22. The zero-order valence-corrected chi connectivity index (χ0v) is 20.6. The summed E-state index contributed by atoms with van der Waals surface area (Å²) < 4.78 is 5.61. The highest BCUT2D eigenvalue weighted by molar-refractivity contribution is 6.51. The quantitative estimate of drug-likeness (QED) is 0.248. The maximum Gasteiger partial charge on any atom is 0.300 e. The van der Waals surface area contributed by atoms with Crippen molar-refractivity contribution in [3.05, 3.63) is 87.8 Å². The van der Waals surface area contributed by atoms with E-state index in [-0.39, 0.29) is 21.9 Å². The normalized spacial score (nSPS) is 20.6. The van der Waals surface area contributed by atoms with Crippen LogP contribution in [0.15, 0.2) is 70.9 Å². The van der Waals surface area contributed by atoms with Crippen molar-refractivity contribution in [3.8, 4) is 0 Å². The molecule has 3 heterocycles. The van der Waals surface area contributed by atoms with Crippen LogP contribution in [0.3, 0.4) is 0 Å². The molecule has 2 aromatic carbocycles. The van der Waals surface area contributed by atoms with Crippen LogP contribution in [0.5, 0.6) is 0 Å². The Morgan fingerprint density at radius 3 is 2.29 bits per heavy atom. The number of piperidine rings is 1. The minimum absolute atomic E-state index is 0.0718. The Morgan fingerprint density at radius 2 is 1.66 bits per heavy atom. The molecule has 35 heavy (non-hydrogen) atoms. The van der Waals surface area contributed by atoms with Gasteiger partial charge in [-0.3, -0.25) is 14.5 Å². The second-order valence-corrected chi connectivity index (χ2v) is 9.81. The van der Waals surface area contributed by atoms with Crippen molar-refractivity contribution in [1.29, 1.82) is 0 Å². The molecule has 0 aliphatic carbocycles. The number of benzene rings is 2. The molecule has 180 valence electrons. The van der Waals surface area contributed by atoms with Crippen molar-refractivity contribution >= 4 is 52.0 Å². The number of rotatable bonds is 4. The Morgan fingerprint density at radius 1 is 0.971 bits per heavy atom. The zero-order chi connectivity index (χ0) is 24.7. The van der Waals surface area contributed by atoms with E-state index in [1.54, 1.807) is 18.2 Å². The van der Waals surface area contributed by atoms with E-state index < -0.39 is 17.7 Å². The summed E-state index contributed by atoms with van der Waals surface area (Å²) in [5.74, 6) is -0.803. The van der Waals surface area contributed by atoms with Crippen molar-refractivity contribution in [3.63, 3.8) is 0 Å². The van der Waals surface area contributed by atoms with Crippen LogP contribution in [-0.4, -0.2) is 29.9 Å².